The molecule has 0 aliphatic carbocycles. The van der Waals surface area contributed by atoms with Gasteiger partial charge in [0, 0.05) is 61.7 Å². The van der Waals surface area contributed by atoms with Crippen molar-refractivity contribution >= 4 is 67.6 Å². The molecule has 0 spiro atoms. The van der Waals surface area contributed by atoms with Gasteiger partial charge in [0.05, 0.1) is 11.0 Å². The van der Waals surface area contributed by atoms with E-state index in [-0.39, 0.29) is 6.17 Å². The molecule has 6 heteroatoms. The van der Waals surface area contributed by atoms with Crippen molar-refractivity contribution in [1.29, 1.82) is 0 Å². The summed E-state index contributed by atoms with van der Waals surface area (Å²) >= 11 is 0. The third-order valence-electron chi connectivity index (χ3n) is 12.2. The normalized spacial score (nSPS) is 13.5. The Morgan fingerprint density at radius 1 is 0.431 bits per heavy atom. The molecule has 10 aromatic rings. The Hall–Kier alpha value is -8.48. The first-order valence-electron chi connectivity index (χ1n) is 22.1. The number of nitrogens with one attached hydrogen (secondary N) is 1. The lowest BCUT2D eigenvalue weighted by Gasteiger charge is -2.26. The van der Waals surface area contributed by atoms with Gasteiger partial charge in [0.15, 0.2) is 5.84 Å². The summed E-state index contributed by atoms with van der Waals surface area (Å²) in [5.41, 5.74) is 15.2. The third-order valence-corrected chi connectivity index (χ3v) is 12.2. The van der Waals surface area contributed by atoms with Crippen LogP contribution in [0.5, 0.6) is 0 Å². The molecule has 0 saturated heterocycles. The van der Waals surface area contributed by atoms with Gasteiger partial charge in [-0.1, -0.05) is 133 Å². The van der Waals surface area contributed by atoms with Crippen molar-refractivity contribution in [3.05, 3.63) is 258 Å². The van der Waals surface area contributed by atoms with Crippen molar-refractivity contribution in [2.45, 2.75) is 20.0 Å². The highest BCUT2D eigenvalue weighted by Gasteiger charge is 2.25. The number of aliphatic imine (C=N–C) groups is 2. The molecule has 65 heavy (non-hydrogen) atoms. The van der Waals surface area contributed by atoms with Gasteiger partial charge in [0.25, 0.3) is 0 Å². The largest absolute Gasteiger partial charge is 0.344 e. The number of benzene rings is 9. The second-order valence-corrected chi connectivity index (χ2v) is 16.4. The van der Waals surface area contributed by atoms with E-state index < -0.39 is 0 Å². The molecule has 0 amide bonds. The predicted octanol–water partition coefficient (Wildman–Crippen LogP) is 14.8. The molecule has 0 fully saturated rings. The molecule has 1 aliphatic rings. The fourth-order valence-electron chi connectivity index (χ4n) is 9.14. The fraction of sp³-hybridized carbons (Fsp3) is 0.0508. The highest BCUT2D eigenvalue weighted by Crippen LogP contribution is 2.43. The molecule has 0 bridgehead atoms. The van der Waals surface area contributed by atoms with Crippen LogP contribution in [0.4, 0.5) is 34.1 Å². The number of para-hydroxylation sites is 4. The summed E-state index contributed by atoms with van der Waals surface area (Å²) in [6, 6.07) is 81.5. The first kappa shape index (κ1) is 39.4. The molecule has 9 aromatic carbocycles. The Balaban J connectivity index is 1.11. The molecule has 1 aliphatic heterocycles. The average Bonchev–Trinajstić information content (AvgIpc) is 3.69. The van der Waals surface area contributed by atoms with Crippen LogP contribution < -0.4 is 15.1 Å². The number of hydrogen-bond donors (Lipinski definition) is 1. The van der Waals surface area contributed by atoms with E-state index >= 15 is 0 Å². The summed E-state index contributed by atoms with van der Waals surface area (Å²) in [4.78, 5) is 15.1. The smallest absolute Gasteiger partial charge is 0.159 e. The number of amidine groups is 2. The highest BCUT2D eigenvalue weighted by molar-refractivity contribution is 6.14. The number of fused-ring (bicyclic) bond motifs is 3. The number of aromatic nitrogens is 1. The average molecular weight is 839 g/mol. The fourth-order valence-corrected chi connectivity index (χ4v) is 9.14. The zero-order chi connectivity index (χ0) is 43.7. The van der Waals surface area contributed by atoms with Crippen molar-refractivity contribution in [1.82, 2.24) is 9.88 Å². The van der Waals surface area contributed by atoms with Gasteiger partial charge in [-0.3, -0.25) is 0 Å². The summed E-state index contributed by atoms with van der Waals surface area (Å²) in [5, 5.41) is 5.92. The molecule has 1 unspecified atom stereocenters. The maximum Gasteiger partial charge on any atom is 0.159 e. The highest BCUT2D eigenvalue weighted by atomic mass is 15.2. The maximum atomic E-state index is 5.25. The van der Waals surface area contributed by atoms with Gasteiger partial charge in [-0.15, -0.1) is 0 Å². The first-order valence-corrected chi connectivity index (χ1v) is 22.1. The molecule has 1 N–H and O–H groups in total. The van der Waals surface area contributed by atoms with Crippen LogP contribution in [0.2, 0.25) is 0 Å². The Labute approximate surface area is 379 Å². The molecule has 2 heterocycles. The van der Waals surface area contributed by atoms with Crippen molar-refractivity contribution < 1.29 is 0 Å². The number of aryl methyl sites for hydroxylation is 2. The monoisotopic (exact) mass is 838 g/mol. The van der Waals surface area contributed by atoms with Crippen LogP contribution in [-0.2, 0) is 0 Å². The number of nitrogens with zero attached hydrogens (tertiary/aromatic N) is 5. The molecule has 0 saturated carbocycles. The summed E-state index contributed by atoms with van der Waals surface area (Å²) in [5.74, 6) is 1.52. The second-order valence-electron chi connectivity index (χ2n) is 16.4. The van der Waals surface area contributed by atoms with Crippen molar-refractivity contribution in [2.24, 2.45) is 9.98 Å². The van der Waals surface area contributed by atoms with Gasteiger partial charge >= 0.3 is 0 Å². The Bertz CT molecular complexity index is 3130. The van der Waals surface area contributed by atoms with E-state index in [2.05, 4.69) is 240 Å². The van der Waals surface area contributed by atoms with Gasteiger partial charge in [-0.05, 0) is 128 Å². The quantitative estimate of drug-likeness (QED) is 0.149. The van der Waals surface area contributed by atoms with E-state index in [9.17, 15) is 0 Å². The lowest BCUT2D eigenvalue weighted by Crippen LogP contribution is -2.33. The number of anilines is 6. The van der Waals surface area contributed by atoms with Crippen LogP contribution in [-0.4, -0.2) is 16.2 Å². The molecule has 1 aromatic heterocycles. The van der Waals surface area contributed by atoms with E-state index in [4.69, 9.17) is 9.98 Å². The molecule has 312 valence electrons. The van der Waals surface area contributed by atoms with Crippen molar-refractivity contribution in [2.75, 3.05) is 9.80 Å². The Morgan fingerprint density at radius 2 is 0.862 bits per heavy atom. The van der Waals surface area contributed by atoms with Gasteiger partial charge in [0.1, 0.15) is 12.0 Å². The summed E-state index contributed by atoms with van der Waals surface area (Å²) in [6.45, 7) is 4.38. The zero-order valence-electron chi connectivity index (χ0n) is 36.3. The topological polar surface area (TPSA) is 48.2 Å². The van der Waals surface area contributed by atoms with Crippen LogP contribution in [0.1, 0.15) is 34.0 Å². The minimum atomic E-state index is -0.281. The van der Waals surface area contributed by atoms with Crippen LogP contribution >= 0.6 is 0 Å². The van der Waals surface area contributed by atoms with Crippen LogP contribution in [0.3, 0.4) is 0 Å². The van der Waals surface area contributed by atoms with Crippen molar-refractivity contribution in [3.63, 3.8) is 0 Å². The molecule has 1 atom stereocenters. The standard InChI is InChI=1S/C59H46N6/c1-41-38-56(42(2)37-51(41)59-61-57(43-21-9-3-10-22-43)60-58(62-59)44-23-11-4-12-24-44)65-54-35-33-49(63(45-25-13-5-14-26-45)46-27-15-6-16-28-46)39-52(54)53-40-50(34-36-55(53)65)64(47-29-17-7-18-30-47)48-31-19-8-20-32-48/h3-40,57H,1-2H3,(H,60,61,62). The van der Waals surface area contributed by atoms with E-state index in [0.717, 1.165) is 95.3 Å². The number of rotatable bonds is 10. The predicted molar refractivity (Wildman–Crippen MR) is 271 cm³/mol. The molecule has 0 radical (unpaired) electrons. The zero-order valence-corrected chi connectivity index (χ0v) is 36.3. The van der Waals surface area contributed by atoms with Gasteiger partial charge in [-0.25, -0.2) is 9.98 Å². The van der Waals surface area contributed by atoms with Gasteiger partial charge in [0.2, 0.25) is 0 Å². The molecular weight excluding hydrogens is 793 g/mol. The molecular formula is C59H46N6. The van der Waals surface area contributed by atoms with E-state index in [1.54, 1.807) is 0 Å². The molecule has 6 nitrogen and oxygen atoms in total. The van der Waals surface area contributed by atoms with E-state index in [1.807, 2.05) is 24.3 Å². The Kier molecular flexibility index (Phi) is 10.3. The Morgan fingerprint density at radius 3 is 1.32 bits per heavy atom. The van der Waals surface area contributed by atoms with Crippen LogP contribution in [0.15, 0.2) is 241 Å². The second kappa shape index (κ2) is 17.0. The van der Waals surface area contributed by atoms with E-state index in [1.165, 1.54) is 0 Å². The van der Waals surface area contributed by atoms with Crippen LogP contribution in [0, 0.1) is 13.8 Å². The number of hydrogen-bond acceptors (Lipinski definition) is 5. The van der Waals surface area contributed by atoms with Crippen LogP contribution in [0.25, 0.3) is 27.5 Å². The van der Waals surface area contributed by atoms with Crippen molar-refractivity contribution in [3.8, 4) is 5.69 Å². The lowest BCUT2D eigenvalue weighted by atomic mass is 10.0. The first-order chi connectivity index (χ1) is 32.1. The van der Waals surface area contributed by atoms with Gasteiger partial charge < -0.3 is 19.7 Å². The third kappa shape index (κ3) is 7.51. The minimum absolute atomic E-state index is 0.281. The minimum Gasteiger partial charge on any atom is -0.344 e. The summed E-state index contributed by atoms with van der Waals surface area (Å²) < 4.78 is 2.44. The SMILES string of the molecule is Cc1cc(-n2c3ccc(N(c4ccccc4)c4ccccc4)cc3c3cc(N(c4ccccc4)c4ccccc4)ccc32)c(C)cc1C1=NC(c2ccccc2)NC(c2ccccc2)=N1. The summed E-state index contributed by atoms with van der Waals surface area (Å²) in [7, 11) is 0. The summed E-state index contributed by atoms with van der Waals surface area (Å²) in [6.07, 6.45) is -0.281. The van der Waals surface area contributed by atoms with E-state index in [0.29, 0.717) is 5.84 Å². The molecule has 11 rings (SSSR count). The maximum absolute atomic E-state index is 5.25. The van der Waals surface area contributed by atoms with Gasteiger partial charge in [-0.2, -0.15) is 0 Å². The lowest BCUT2D eigenvalue weighted by molar-refractivity contribution is 0.674.